The zero-order valence-corrected chi connectivity index (χ0v) is 7.15. The van der Waals surface area contributed by atoms with E-state index >= 15 is 0 Å². The van der Waals surface area contributed by atoms with E-state index in [9.17, 15) is 0 Å². The molecule has 0 amide bonds. The lowest BCUT2D eigenvalue weighted by molar-refractivity contribution is 1.21. The van der Waals surface area contributed by atoms with Gasteiger partial charge in [-0.2, -0.15) is 0 Å². The zero-order valence-electron chi connectivity index (χ0n) is 7.15. The molecule has 0 bridgehead atoms. The largest absolute Gasteiger partial charge is 0.0988 e. The fourth-order valence-electron chi connectivity index (χ4n) is 0.587. The molecule has 0 aliphatic carbocycles. The molecule has 0 aromatic rings. The summed E-state index contributed by atoms with van der Waals surface area (Å²) in [7, 11) is 0. The molecule has 0 aromatic heterocycles. The number of allylic oxidation sites excluding steroid dienone is 5. The number of rotatable bonds is 3. The van der Waals surface area contributed by atoms with Gasteiger partial charge in [-0.15, -0.1) is 0 Å². The lowest BCUT2D eigenvalue weighted by Gasteiger charge is -1.94. The summed E-state index contributed by atoms with van der Waals surface area (Å²) < 4.78 is 0. The van der Waals surface area contributed by atoms with Crippen molar-refractivity contribution in [2.24, 2.45) is 0 Å². The Morgan fingerprint density at radius 2 is 1.90 bits per heavy atom. The van der Waals surface area contributed by atoms with Crippen LogP contribution in [0, 0.1) is 0 Å². The predicted molar refractivity (Wildman–Crippen MR) is 48.0 cm³/mol. The van der Waals surface area contributed by atoms with Crippen molar-refractivity contribution in [1.82, 2.24) is 0 Å². The van der Waals surface area contributed by atoms with Crippen LogP contribution in [0.25, 0.3) is 0 Å². The van der Waals surface area contributed by atoms with E-state index in [4.69, 9.17) is 0 Å². The second kappa shape index (κ2) is 5.04. The number of hydrogen-bond donors (Lipinski definition) is 0. The fourth-order valence-corrected chi connectivity index (χ4v) is 0.587. The maximum Gasteiger partial charge on any atom is -0.0376 e. The molecule has 56 valence electrons. The van der Waals surface area contributed by atoms with E-state index in [0.717, 1.165) is 6.42 Å². The van der Waals surface area contributed by atoms with E-state index < -0.39 is 0 Å². The molecule has 0 heterocycles. The van der Waals surface area contributed by atoms with Crippen LogP contribution >= 0.6 is 0 Å². The minimum atomic E-state index is 1.10. The molecule has 0 aliphatic heterocycles. The average molecular weight is 136 g/mol. The third kappa shape index (κ3) is 3.29. The Morgan fingerprint density at radius 1 is 1.30 bits per heavy atom. The molecule has 10 heavy (non-hydrogen) atoms. The summed E-state index contributed by atoms with van der Waals surface area (Å²) in [5.74, 6) is 0. The van der Waals surface area contributed by atoms with Gasteiger partial charge in [0.25, 0.3) is 0 Å². The fraction of sp³-hybridized carbons (Fsp3) is 0.400. The third-order valence-electron chi connectivity index (χ3n) is 1.53. The van der Waals surface area contributed by atoms with Gasteiger partial charge >= 0.3 is 0 Å². The minimum Gasteiger partial charge on any atom is -0.0988 e. The van der Waals surface area contributed by atoms with E-state index in [1.165, 1.54) is 11.1 Å². The molecular formula is C10H16. The highest BCUT2D eigenvalue weighted by molar-refractivity contribution is 5.28. The van der Waals surface area contributed by atoms with E-state index in [2.05, 4.69) is 39.5 Å². The summed E-state index contributed by atoms with van der Waals surface area (Å²) in [6.45, 7) is 10.0. The summed E-state index contributed by atoms with van der Waals surface area (Å²) in [4.78, 5) is 0. The lowest BCUT2D eigenvalue weighted by atomic mass is 10.1. The molecule has 0 fully saturated rings. The van der Waals surface area contributed by atoms with Gasteiger partial charge in [-0.3, -0.25) is 0 Å². The van der Waals surface area contributed by atoms with Crippen molar-refractivity contribution in [2.45, 2.75) is 27.2 Å². The Morgan fingerprint density at radius 3 is 2.30 bits per heavy atom. The predicted octanol–water partition coefficient (Wildman–Crippen LogP) is 3.48. The molecule has 0 aliphatic rings. The zero-order chi connectivity index (χ0) is 7.98. The van der Waals surface area contributed by atoms with E-state index in [1.807, 2.05) is 6.08 Å². The summed E-state index contributed by atoms with van der Waals surface area (Å²) in [6, 6.07) is 0. The van der Waals surface area contributed by atoms with Gasteiger partial charge in [0.2, 0.25) is 0 Å². The van der Waals surface area contributed by atoms with Gasteiger partial charge in [-0.1, -0.05) is 31.7 Å². The maximum absolute atomic E-state index is 3.70. The van der Waals surface area contributed by atoms with E-state index in [0.29, 0.717) is 0 Å². The summed E-state index contributed by atoms with van der Waals surface area (Å²) in [5, 5.41) is 0. The van der Waals surface area contributed by atoms with Crippen molar-refractivity contribution in [3.8, 4) is 0 Å². The van der Waals surface area contributed by atoms with Crippen LogP contribution in [-0.2, 0) is 0 Å². The maximum atomic E-state index is 3.70. The third-order valence-corrected chi connectivity index (χ3v) is 1.53. The standard InChI is InChI=1S/C10H16/c1-5-7-8-10(4)9(3)6-2/h6-8H,2,5H2,1,3-4H3. The highest BCUT2D eigenvalue weighted by Crippen LogP contribution is 2.05. The van der Waals surface area contributed by atoms with E-state index in [-0.39, 0.29) is 0 Å². The molecule has 0 rings (SSSR count). The smallest absolute Gasteiger partial charge is 0.0376 e. The second-order valence-electron chi connectivity index (χ2n) is 2.38. The van der Waals surface area contributed by atoms with Crippen molar-refractivity contribution in [1.29, 1.82) is 0 Å². The van der Waals surface area contributed by atoms with Crippen molar-refractivity contribution >= 4 is 0 Å². The first-order chi connectivity index (χ1) is 4.72. The second-order valence-corrected chi connectivity index (χ2v) is 2.38. The summed E-state index contributed by atoms with van der Waals surface area (Å²) in [6.07, 6.45) is 7.27. The Balaban J connectivity index is 4.17. The first kappa shape index (κ1) is 9.22. The Hall–Kier alpha value is -0.780. The van der Waals surface area contributed by atoms with Gasteiger partial charge in [0, 0.05) is 0 Å². The quantitative estimate of drug-likeness (QED) is 0.521. The average Bonchev–Trinajstić information content (AvgIpc) is 1.98. The van der Waals surface area contributed by atoms with Crippen LogP contribution in [0.15, 0.2) is 36.0 Å². The monoisotopic (exact) mass is 136 g/mol. The highest BCUT2D eigenvalue weighted by Gasteiger charge is 1.84. The number of hydrogen-bond acceptors (Lipinski definition) is 0. The molecular weight excluding hydrogens is 120 g/mol. The Labute approximate surface area is 64.0 Å². The van der Waals surface area contributed by atoms with Gasteiger partial charge in [0.15, 0.2) is 0 Å². The van der Waals surface area contributed by atoms with Gasteiger partial charge in [-0.25, -0.2) is 0 Å². The molecule has 0 N–H and O–H groups in total. The van der Waals surface area contributed by atoms with Crippen LogP contribution in [0.3, 0.4) is 0 Å². The van der Waals surface area contributed by atoms with Crippen LogP contribution < -0.4 is 0 Å². The molecule has 0 spiro atoms. The first-order valence-corrected chi connectivity index (χ1v) is 3.68. The molecule has 0 unspecified atom stereocenters. The van der Waals surface area contributed by atoms with Gasteiger partial charge in [0.05, 0.1) is 0 Å². The van der Waals surface area contributed by atoms with Gasteiger partial charge in [-0.05, 0) is 31.4 Å². The van der Waals surface area contributed by atoms with Crippen LogP contribution in [0.1, 0.15) is 27.2 Å². The summed E-state index contributed by atoms with van der Waals surface area (Å²) >= 11 is 0. The molecule has 0 saturated heterocycles. The van der Waals surface area contributed by atoms with Crippen LogP contribution in [0.4, 0.5) is 0 Å². The molecule has 0 aromatic carbocycles. The minimum absolute atomic E-state index is 1.10. The Bertz CT molecular complexity index is 159. The van der Waals surface area contributed by atoms with Crippen molar-refractivity contribution < 1.29 is 0 Å². The topological polar surface area (TPSA) is 0 Å². The SMILES string of the molecule is C=CC(C)=C(C)C=CCC. The van der Waals surface area contributed by atoms with Crippen molar-refractivity contribution in [2.75, 3.05) is 0 Å². The molecule has 0 heteroatoms. The van der Waals surface area contributed by atoms with Crippen molar-refractivity contribution in [3.05, 3.63) is 36.0 Å². The molecule has 0 saturated carbocycles. The summed E-state index contributed by atoms with van der Waals surface area (Å²) in [5.41, 5.74) is 2.56. The van der Waals surface area contributed by atoms with Gasteiger partial charge in [0.1, 0.15) is 0 Å². The Kier molecular flexibility index (Phi) is 4.65. The molecule has 0 radical (unpaired) electrons. The van der Waals surface area contributed by atoms with Crippen molar-refractivity contribution in [3.63, 3.8) is 0 Å². The normalized spacial score (nSPS) is 13.5. The lowest BCUT2D eigenvalue weighted by Crippen LogP contribution is -1.73. The van der Waals surface area contributed by atoms with E-state index in [1.54, 1.807) is 0 Å². The molecule has 0 atom stereocenters. The van der Waals surface area contributed by atoms with Crippen LogP contribution in [0.2, 0.25) is 0 Å². The van der Waals surface area contributed by atoms with Crippen LogP contribution in [-0.4, -0.2) is 0 Å². The molecule has 0 nitrogen and oxygen atoms in total. The van der Waals surface area contributed by atoms with Crippen LogP contribution in [0.5, 0.6) is 0 Å². The highest BCUT2D eigenvalue weighted by atomic mass is 13.9. The van der Waals surface area contributed by atoms with Gasteiger partial charge < -0.3 is 0 Å². The first-order valence-electron chi connectivity index (χ1n) is 3.68.